The molecule has 16 heavy (non-hydrogen) atoms. The minimum Gasteiger partial charge on any atom is -0.366 e. The van der Waals surface area contributed by atoms with Gasteiger partial charge in [0, 0.05) is 31.4 Å². The van der Waals surface area contributed by atoms with E-state index in [-0.39, 0.29) is 0 Å². The Morgan fingerprint density at radius 3 is 3.00 bits per heavy atom. The van der Waals surface area contributed by atoms with E-state index < -0.39 is 0 Å². The second-order valence-corrected chi connectivity index (χ2v) is 4.77. The summed E-state index contributed by atoms with van der Waals surface area (Å²) in [7, 11) is 0. The molecule has 0 saturated carbocycles. The van der Waals surface area contributed by atoms with Gasteiger partial charge < -0.3 is 5.32 Å². The van der Waals surface area contributed by atoms with E-state index in [9.17, 15) is 0 Å². The maximum atomic E-state index is 5.74. The summed E-state index contributed by atoms with van der Waals surface area (Å²) in [6.45, 7) is 6.67. The van der Waals surface area contributed by atoms with Gasteiger partial charge in [-0.15, -0.1) is 0 Å². The first kappa shape index (κ1) is 11.6. The third-order valence-electron chi connectivity index (χ3n) is 2.93. The molecule has 0 radical (unpaired) electrons. The van der Waals surface area contributed by atoms with E-state index in [0.717, 1.165) is 25.3 Å². The quantitative estimate of drug-likeness (QED) is 0.821. The van der Waals surface area contributed by atoms with E-state index in [4.69, 9.17) is 11.6 Å². The lowest BCUT2D eigenvalue weighted by atomic mass is 10.2. The highest BCUT2D eigenvalue weighted by Gasteiger charge is 2.24. The van der Waals surface area contributed by atoms with Gasteiger partial charge in [0.25, 0.3) is 0 Å². The molecule has 1 aliphatic heterocycles. The van der Waals surface area contributed by atoms with Crippen LogP contribution in [-0.4, -0.2) is 40.0 Å². The van der Waals surface area contributed by atoms with Crippen molar-refractivity contribution in [3.63, 3.8) is 0 Å². The third kappa shape index (κ3) is 2.83. The van der Waals surface area contributed by atoms with Crippen LogP contribution in [0.1, 0.15) is 20.3 Å². The Hall–Kier alpha value is -0.870. The first-order valence-corrected chi connectivity index (χ1v) is 6.02. The van der Waals surface area contributed by atoms with Gasteiger partial charge >= 0.3 is 0 Å². The number of hydrogen-bond donors (Lipinski definition) is 1. The maximum absolute atomic E-state index is 5.74. The number of hydrogen-bond acceptors (Lipinski definition) is 4. The normalized spacial score (nSPS) is 21.6. The third-order valence-corrected chi connectivity index (χ3v) is 3.11. The monoisotopic (exact) mass is 240 g/mol. The van der Waals surface area contributed by atoms with Crippen LogP contribution in [0, 0.1) is 0 Å². The predicted octanol–water partition coefficient (Wildman–Crippen LogP) is 2.02. The molecule has 0 bridgehead atoms. The fraction of sp³-hybridized carbons (Fsp3) is 0.636. The van der Waals surface area contributed by atoms with Gasteiger partial charge in [-0.2, -0.15) is 0 Å². The number of rotatable bonds is 3. The first-order valence-electron chi connectivity index (χ1n) is 5.64. The Bertz CT molecular complexity index is 356. The molecule has 2 rings (SSSR count). The molecule has 0 unspecified atom stereocenters. The summed E-state index contributed by atoms with van der Waals surface area (Å²) in [5.74, 6) is 0.815. The molecule has 4 nitrogen and oxygen atoms in total. The lowest BCUT2D eigenvalue weighted by Crippen LogP contribution is -2.31. The molecule has 0 amide bonds. The molecule has 0 spiro atoms. The minimum absolute atomic E-state index is 0.295. The van der Waals surface area contributed by atoms with Gasteiger partial charge in [0.15, 0.2) is 0 Å². The van der Waals surface area contributed by atoms with E-state index in [1.165, 1.54) is 0 Å². The second kappa shape index (κ2) is 4.97. The smallest absolute Gasteiger partial charge is 0.224 e. The van der Waals surface area contributed by atoms with Gasteiger partial charge in [0.1, 0.15) is 5.82 Å². The highest BCUT2D eigenvalue weighted by atomic mass is 35.5. The zero-order chi connectivity index (χ0) is 11.5. The van der Waals surface area contributed by atoms with Crippen molar-refractivity contribution in [1.82, 2.24) is 14.9 Å². The van der Waals surface area contributed by atoms with Gasteiger partial charge in [-0.3, -0.25) is 4.90 Å². The predicted molar refractivity (Wildman–Crippen MR) is 65.8 cm³/mol. The molecule has 5 heteroatoms. The number of nitrogens with one attached hydrogen (secondary N) is 1. The average molecular weight is 241 g/mol. The summed E-state index contributed by atoms with van der Waals surface area (Å²) < 4.78 is 0. The topological polar surface area (TPSA) is 41.0 Å². The molecule has 1 aromatic rings. The van der Waals surface area contributed by atoms with Crippen molar-refractivity contribution in [3.8, 4) is 0 Å². The van der Waals surface area contributed by atoms with Crippen LogP contribution >= 0.6 is 11.6 Å². The van der Waals surface area contributed by atoms with Gasteiger partial charge in [-0.05, 0) is 37.9 Å². The summed E-state index contributed by atoms with van der Waals surface area (Å²) in [6.07, 6.45) is 2.83. The zero-order valence-corrected chi connectivity index (χ0v) is 10.4. The van der Waals surface area contributed by atoms with E-state index in [2.05, 4.69) is 34.0 Å². The number of halogens is 1. The van der Waals surface area contributed by atoms with E-state index in [0.29, 0.717) is 17.4 Å². The summed E-state index contributed by atoms with van der Waals surface area (Å²) in [6, 6.07) is 2.93. The molecule has 1 aliphatic rings. The summed E-state index contributed by atoms with van der Waals surface area (Å²) in [4.78, 5) is 10.5. The number of aromatic nitrogens is 2. The van der Waals surface area contributed by atoms with Crippen molar-refractivity contribution in [3.05, 3.63) is 17.5 Å². The molecule has 1 aromatic heterocycles. The highest BCUT2D eigenvalue weighted by molar-refractivity contribution is 6.28. The van der Waals surface area contributed by atoms with Crippen LogP contribution in [-0.2, 0) is 0 Å². The number of likely N-dealkylation sites (tertiary alicyclic amines) is 1. The number of anilines is 1. The Morgan fingerprint density at radius 1 is 1.56 bits per heavy atom. The molecule has 1 atom stereocenters. The molecule has 2 heterocycles. The van der Waals surface area contributed by atoms with Crippen molar-refractivity contribution in [2.75, 3.05) is 18.4 Å². The molecule has 1 N–H and O–H groups in total. The van der Waals surface area contributed by atoms with Crippen molar-refractivity contribution in [2.45, 2.75) is 32.4 Å². The van der Waals surface area contributed by atoms with Crippen LogP contribution in [0.2, 0.25) is 5.28 Å². The van der Waals surface area contributed by atoms with E-state index >= 15 is 0 Å². The van der Waals surface area contributed by atoms with Gasteiger partial charge in [-0.25, -0.2) is 9.97 Å². The largest absolute Gasteiger partial charge is 0.366 e. The van der Waals surface area contributed by atoms with Crippen molar-refractivity contribution in [1.29, 1.82) is 0 Å². The van der Waals surface area contributed by atoms with Crippen LogP contribution in [0.15, 0.2) is 12.3 Å². The standard InChI is InChI=1S/C11H17ClN4/c1-8(2)16-6-4-9(7-16)14-10-3-5-13-11(12)15-10/h3,5,8-9H,4,6-7H2,1-2H3,(H,13,14,15)/t9-/m1/s1. The van der Waals surface area contributed by atoms with Crippen LogP contribution in [0.25, 0.3) is 0 Å². The Kier molecular flexibility index (Phi) is 3.61. The molecular formula is C11H17ClN4. The molecular weight excluding hydrogens is 224 g/mol. The van der Waals surface area contributed by atoms with Crippen molar-refractivity contribution < 1.29 is 0 Å². The van der Waals surface area contributed by atoms with Crippen LogP contribution in [0.5, 0.6) is 0 Å². The molecule has 0 aromatic carbocycles. The van der Waals surface area contributed by atoms with E-state index in [1.54, 1.807) is 6.20 Å². The molecule has 1 saturated heterocycles. The fourth-order valence-corrected chi connectivity index (χ4v) is 2.15. The molecule has 1 fully saturated rings. The Balaban J connectivity index is 1.92. The van der Waals surface area contributed by atoms with Crippen LogP contribution in [0.3, 0.4) is 0 Å². The van der Waals surface area contributed by atoms with Crippen LogP contribution in [0.4, 0.5) is 5.82 Å². The van der Waals surface area contributed by atoms with Crippen LogP contribution < -0.4 is 5.32 Å². The fourth-order valence-electron chi connectivity index (χ4n) is 2.00. The lowest BCUT2D eigenvalue weighted by Gasteiger charge is -2.20. The SMILES string of the molecule is CC(C)N1CC[C@@H](Nc2ccnc(Cl)n2)C1. The van der Waals surface area contributed by atoms with Crippen molar-refractivity contribution in [2.24, 2.45) is 0 Å². The first-order chi connectivity index (χ1) is 7.65. The summed E-state index contributed by atoms with van der Waals surface area (Å²) in [5.41, 5.74) is 0. The van der Waals surface area contributed by atoms with Gasteiger partial charge in [0.2, 0.25) is 5.28 Å². The van der Waals surface area contributed by atoms with Gasteiger partial charge in [0.05, 0.1) is 0 Å². The van der Waals surface area contributed by atoms with E-state index in [1.807, 2.05) is 6.07 Å². The highest BCUT2D eigenvalue weighted by Crippen LogP contribution is 2.16. The maximum Gasteiger partial charge on any atom is 0.224 e. The molecule has 88 valence electrons. The molecule has 0 aliphatic carbocycles. The lowest BCUT2D eigenvalue weighted by molar-refractivity contribution is 0.274. The summed E-state index contributed by atoms with van der Waals surface area (Å²) in [5, 5.41) is 3.68. The summed E-state index contributed by atoms with van der Waals surface area (Å²) >= 11 is 5.74. The minimum atomic E-state index is 0.295. The number of nitrogens with zero attached hydrogens (tertiary/aromatic N) is 3. The Morgan fingerprint density at radius 2 is 2.38 bits per heavy atom. The Labute approximate surface area is 101 Å². The zero-order valence-electron chi connectivity index (χ0n) is 9.65. The average Bonchev–Trinajstić information content (AvgIpc) is 2.66. The second-order valence-electron chi connectivity index (χ2n) is 4.43. The van der Waals surface area contributed by atoms with Crippen molar-refractivity contribution >= 4 is 17.4 Å². The van der Waals surface area contributed by atoms with Gasteiger partial charge in [-0.1, -0.05) is 0 Å².